The summed E-state index contributed by atoms with van der Waals surface area (Å²) in [6.45, 7) is 7.77. The van der Waals surface area contributed by atoms with Gasteiger partial charge < -0.3 is 34.3 Å². The molecule has 71 heavy (non-hydrogen) atoms. The van der Waals surface area contributed by atoms with E-state index in [2.05, 4.69) is 30.5 Å². The monoisotopic (exact) mass is 996 g/mol. The van der Waals surface area contributed by atoms with Gasteiger partial charge in [0.25, 0.3) is 10.0 Å². The number of carbonyl (C=O) groups is 2. The van der Waals surface area contributed by atoms with Gasteiger partial charge in [-0.3, -0.25) is 9.62 Å². The van der Waals surface area contributed by atoms with Crippen LogP contribution in [0.15, 0.2) is 106 Å². The van der Waals surface area contributed by atoms with E-state index < -0.39 is 33.7 Å². The second-order valence-electron chi connectivity index (χ2n) is 16.8. The summed E-state index contributed by atoms with van der Waals surface area (Å²) in [6.07, 6.45) is 0.712. The second kappa shape index (κ2) is 22.6. The summed E-state index contributed by atoms with van der Waals surface area (Å²) in [5.41, 5.74) is 4.98. The molecule has 5 aromatic rings. The van der Waals surface area contributed by atoms with E-state index in [1.54, 1.807) is 61.6 Å². The number of benzene rings is 5. The molecule has 20 heteroatoms. The van der Waals surface area contributed by atoms with Crippen molar-refractivity contribution in [1.82, 2.24) is 25.6 Å². The Kier molecular flexibility index (Phi) is 16.4. The molecule has 1 saturated heterocycles. The average Bonchev–Trinajstić information content (AvgIpc) is 3.63. The number of rotatable bonds is 11. The lowest BCUT2D eigenvalue weighted by Crippen LogP contribution is -2.41. The number of amides is 4. The second-order valence-corrected chi connectivity index (χ2v) is 18.5. The summed E-state index contributed by atoms with van der Waals surface area (Å²) < 4.78 is 86.3. The fourth-order valence-corrected chi connectivity index (χ4v) is 9.66. The summed E-state index contributed by atoms with van der Waals surface area (Å²) in [6, 6.07) is 24.1. The van der Waals surface area contributed by atoms with Crippen LogP contribution < -0.4 is 34.3 Å². The maximum absolute atomic E-state index is 15.8. The van der Waals surface area contributed by atoms with Gasteiger partial charge in [0, 0.05) is 61.7 Å². The molecular weight excluding hydrogens is 939 g/mol. The molecule has 0 spiro atoms. The summed E-state index contributed by atoms with van der Waals surface area (Å²) >= 11 is 0. The molecule has 376 valence electrons. The molecule has 5 aromatic carbocycles. The zero-order valence-electron chi connectivity index (χ0n) is 40.8. The number of hydrogen-bond acceptors (Lipinski definition) is 12. The molecule has 1 fully saturated rings. The number of fused-ring (bicyclic) bond motifs is 2. The van der Waals surface area contributed by atoms with E-state index in [0.29, 0.717) is 57.8 Å². The third kappa shape index (κ3) is 11.2. The lowest BCUT2D eigenvalue weighted by molar-refractivity contribution is 0.0342. The highest BCUT2D eigenvalue weighted by Gasteiger charge is 2.34. The van der Waals surface area contributed by atoms with E-state index in [9.17, 15) is 18.0 Å². The zero-order valence-corrected chi connectivity index (χ0v) is 41.7. The number of morpholine rings is 1. The number of carbonyl (C=O) groups excluding carboxylic acids is 2. The van der Waals surface area contributed by atoms with Crippen LogP contribution >= 0.6 is 0 Å². The van der Waals surface area contributed by atoms with E-state index in [0.717, 1.165) is 38.4 Å². The Morgan fingerprint density at radius 1 is 0.676 bits per heavy atom. The summed E-state index contributed by atoms with van der Waals surface area (Å²) in [5, 5.41) is 17.0. The molecule has 0 aromatic heterocycles. The summed E-state index contributed by atoms with van der Waals surface area (Å²) in [4.78, 5) is 27.7. The Hall–Kier alpha value is -7.29. The van der Waals surface area contributed by atoms with Gasteiger partial charge in [-0.15, -0.1) is 0 Å². The van der Waals surface area contributed by atoms with Crippen molar-refractivity contribution in [1.29, 1.82) is 0 Å². The lowest BCUT2D eigenvalue weighted by atomic mass is 9.93. The summed E-state index contributed by atoms with van der Waals surface area (Å²) in [7, 11) is 4.89. The topological polar surface area (TPSA) is 185 Å². The number of nitrogens with zero attached hydrogens (tertiary/aromatic N) is 5. The normalized spacial score (nSPS) is 16.8. The molecule has 3 aliphatic rings. The molecule has 2 unspecified atom stereocenters. The van der Waals surface area contributed by atoms with E-state index in [1.165, 1.54) is 57.6 Å². The van der Waals surface area contributed by atoms with Gasteiger partial charge in [-0.2, -0.15) is 10.2 Å². The Bertz CT molecular complexity index is 2900. The summed E-state index contributed by atoms with van der Waals surface area (Å²) in [5.74, 6) is -0.764. The Balaban J connectivity index is 0.000000209. The van der Waals surface area contributed by atoms with Crippen molar-refractivity contribution in [2.24, 2.45) is 10.2 Å². The van der Waals surface area contributed by atoms with Crippen molar-refractivity contribution >= 4 is 39.2 Å². The lowest BCUT2D eigenvalue weighted by Gasteiger charge is -2.26. The van der Waals surface area contributed by atoms with Crippen molar-refractivity contribution < 1.29 is 50.5 Å². The fraction of sp³-hybridized carbons (Fsp3) is 0.333. The Morgan fingerprint density at radius 3 is 1.55 bits per heavy atom. The predicted octanol–water partition coefficient (Wildman–Crippen LogP) is 7.00. The van der Waals surface area contributed by atoms with Crippen LogP contribution in [0.1, 0.15) is 52.8 Å². The van der Waals surface area contributed by atoms with Crippen molar-refractivity contribution in [3.8, 4) is 23.0 Å². The first-order chi connectivity index (χ1) is 34.2. The molecule has 0 saturated carbocycles. The van der Waals surface area contributed by atoms with Crippen LogP contribution in [-0.2, 0) is 34.1 Å². The number of methoxy groups -OCH3 is 4. The highest BCUT2D eigenvalue weighted by molar-refractivity contribution is 7.92. The number of sulfonamides is 1. The van der Waals surface area contributed by atoms with Crippen molar-refractivity contribution in [2.45, 2.75) is 50.2 Å². The van der Waals surface area contributed by atoms with Crippen LogP contribution in [0.25, 0.3) is 0 Å². The van der Waals surface area contributed by atoms with Crippen LogP contribution in [0, 0.1) is 11.6 Å². The highest BCUT2D eigenvalue weighted by Crippen LogP contribution is 2.40. The number of anilines is 1. The van der Waals surface area contributed by atoms with Gasteiger partial charge in [-0.05, 0) is 79.8 Å². The molecule has 2 atom stereocenters. The van der Waals surface area contributed by atoms with Crippen molar-refractivity contribution in [3.63, 3.8) is 0 Å². The molecule has 4 amide bonds. The minimum atomic E-state index is -3.79. The third-order valence-corrected chi connectivity index (χ3v) is 13.6. The standard InChI is InChI=1S/C26H27FN4O5S.C25H31FN4O4/c1-16-14-18-15-21(35-3)25(36-4)23(27)22(18)24(29-31(16)26(32)28-2)17-10-12-19(13-11-17)30-37(33,34)20-8-6-5-7-9-20;1-16-13-19-14-20(32-3)24(33-4)22(26)21(19)23(28-30(16)25(31)27-2)18-7-5-17(6-8-18)15-29-9-11-34-12-10-29/h5-13,15-16,30H,14H2,1-4H3,(H,28,32);5-8,14,16H,9-13,15H2,1-4H3,(H,27,31). The zero-order chi connectivity index (χ0) is 51.0. The van der Waals surface area contributed by atoms with E-state index in [1.807, 2.05) is 38.1 Å². The van der Waals surface area contributed by atoms with Gasteiger partial charge in [0.15, 0.2) is 34.6 Å². The molecular formula is C51H58F2N8O9S. The molecule has 3 heterocycles. The van der Waals surface area contributed by atoms with Crippen LogP contribution in [0.5, 0.6) is 23.0 Å². The minimum Gasteiger partial charge on any atom is -0.493 e. The van der Waals surface area contributed by atoms with Gasteiger partial charge in [0.2, 0.25) is 0 Å². The average molecular weight is 997 g/mol. The maximum atomic E-state index is 15.8. The maximum Gasteiger partial charge on any atom is 0.337 e. The van der Waals surface area contributed by atoms with Gasteiger partial charge >= 0.3 is 12.1 Å². The van der Waals surface area contributed by atoms with Gasteiger partial charge in [0.05, 0.1) is 58.6 Å². The van der Waals surface area contributed by atoms with Crippen LogP contribution in [-0.4, -0.2) is 128 Å². The Morgan fingerprint density at radius 2 is 1.13 bits per heavy atom. The quantitative estimate of drug-likeness (QED) is 0.125. The number of hydrazone groups is 2. The first kappa shape index (κ1) is 51.6. The number of hydrogen-bond donors (Lipinski definition) is 3. The van der Waals surface area contributed by atoms with Crippen molar-refractivity contribution in [2.75, 3.05) is 73.6 Å². The SMILES string of the molecule is CNC(=O)N1N=C(c2ccc(CN3CCOCC3)cc2)c2c(cc(OC)c(OC)c2F)CC1C.CNC(=O)N1N=C(c2ccc(NS(=O)(=O)c3ccccc3)cc2)c2c(cc(OC)c(OC)c2F)CC1C. The van der Waals surface area contributed by atoms with E-state index in [4.69, 9.17) is 23.7 Å². The van der Waals surface area contributed by atoms with Crippen LogP contribution in [0.4, 0.5) is 24.1 Å². The molecule has 0 aliphatic carbocycles. The van der Waals surface area contributed by atoms with Gasteiger partial charge in [-0.25, -0.2) is 36.8 Å². The third-order valence-electron chi connectivity index (χ3n) is 12.2. The highest BCUT2D eigenvalue weighted by atomic mass is 32.2. The molecule has 3 aliphatic heterocycles. The van der Waals surface area contributed by atoms with Gasteiger partial charge in [-0.1, -0.05) is 54.6 Å². The van der Waals surface area contributed by atoms with Crippen LogP contribution in [0.3, 0.4) is 0 Å². The number of ether oxygens (including phenoxy) is 5. The van der Waals surface area contributed by atoms with Crippen molar-refractivity contribution in [3.05, 3.63) is 142 Å². The number of halogens is 2. The first-order valence-corrected chi connectivity index (χ1v) is 24.3. The fourth-order valence-electron chi connectivity index (χ4n) is 8.58. The first-order valence-electron chi connectivity index (χ1n) is 22.8. The minimum absolute atomic E-state index is 0.0129. The molecule has 17 nitrogen and oxygen atoms in total. The van der Waals surface area contributed by atoms with E-state index in [-0.39, 0.29) is 45.5 Å². The molecule has 3 N–H and O–H groups in total. The number of urea groups is 2. The molecule has 8 rings (SSSR count). The van der Waals surface area contributed by atoms with Gasteiger partial charge in [0.1, 0.15) is 11.4 Å². The smallest absolute Gasteiger partial charge is 0.337 e. The Labute approximate surface area is 412 Å². The molecule has 0 bridgehead atoms. The largest absolute Gasteiger partial charge is 0.493 e. The molecule has 0 radical (unpaired) electrons. The predicted molar refractivity (Wildman–Crippen MR) is 265 cm³/mol. The number of nitrogens with one attached hydrogen (secondary N) is 3. The van der Waals surface area contributed by atoms with Crippen LogP contribution in [0.2, 0.25) is 0 Å². The van der Waals surface area contributed by atoms with E-state index >= 15 is 8.78 Å².